The second kappa shape index (κ2) is 11.0. The molecule has 0 bridgehead atoms. The lowest BCUT2D eigenvalue weighted by atomic mass is 10.1. The Morgan fingerprint density at radius 1 is 1.14 bits per heavy atom. The first-order valence-corrected chi connectivity index (χ1v) is 11.5. The number of nitrogens with zero attached hydrogens (tertiary/aromatic N) is 4. The minimum Gasteiger partial charge on any atom is -0.504 e. The number of rotatable bonds is 7. The van der Waals surface area contributed by atoms with Gasteiger partial charge in [-0.2, -0.15) is 0 Å². The van der Waals surface area contributed by atoms with Gasteiger partial charge in [0.2, 0.25) is 17.8 Å². The molecule has 2 heterocycles. The van der Waals surface area contributed by atoms with Crippen LogP contribution in [0.5, 0.6) is 11.5 Å². The van der Waals surface area contributed by atoms with Crippen molar-refractivity contribution < 1.29 is 19.4 Å². The van der Waals surface area contributed by atoms with Crippen LogP contribution in [0, 0.1) is 0 Å². The number of phenolic OH excluding ortho intramolecular Hbond substituents is 1. The first-order valence-electron chi connectivity index (χ1n) is 11.5. The van der Waals surface area contributed by atoms with Crippen LogP contribution in [-0.2, 0) is 16.0 Å². The molecule has 9 nitrogen and oxygen atoms in total. The van der Waals surface area contributed by atoms with E-state index in [1.807, 2.05) is 30.3 Å². The summed E-state index contributed by atoms with van der Waals surface area (Å²) in [5.74, 6) is -0.112. The van der Waals surface area contributed by atoms with E-state index in [1.54, 1.807) is 29.3 Å². The van der Waals surface area contributed by atoms with Crippen LogP contribution < -0.4 is 15.4 Å². The van der Waals surface area contributed by atoms with E-state index in [1.165, 1.54) is 18.1 Å². The van der Waals surface area contributed by atoms with Gasteiger partial charge >= 0.3 is 0 Å². The molecule has 9 heteroatoms. The molecule has 1 fully saturated rings. The number of carbonyl (C=O) groups excluding carboxylic acids is 2. The fourth-order valence-electron chi connectivity index (χ4n) is 4.00. The number of hydrogen-bond acceptors (Lipinski definition) is 7. The third-order valence-corrected chi connectivity index (χ3v) is 6.04. The molecule has 3 aromatic rings. The Labute approximate surface area is 204 Å². The molecule has 0 spiro atoms. The number of phenols is 1. The Bertz CT molecular complexity index is 1180. The van der Waals surface area contributed by atoms with E-state index in [0.717, 1.165) is 18.4 Å². The van der Waals surface area contributed by atoms with Gasteiger partial charge in [0.15, 0.2) is 11.5 Å². The lowest BCUT2D eigenvalue weighted by Crippen LogP contribution is -2.48. The fourth-order valence-corrected chi connectivity index (χ4v) is 4.00. The van der Waals surface area contributed by atoms with E-state index in [2.05, 4.69) is 9.97 Å². The molecule has 4 rings (SSSR count). The number of aromatic hydroxyl groups is 1. The number of anilines is 1. The van der Waals surface area contributed by atoms with E-state index < -0.39 is 0 Å². The smallest absolute Gasteiger partial charge is 0.242 e. The number of benzene rings is 2. The number of nitrogens with two attached hydrogens (primary N) is 1. The molecule has 1 aliphatic heterocycles. The predicted octanol–water partition coefficient (Wildman–Crippen LogP) is 2.38. The van der Waals surface area contributed by atoms with Gasteiger partial charge in [-0.25, -0.2) is 9.97 Å². The number of hydrogen-bond donors (Lipinski definition) is 2. The van der Waals surface area contributed by atoms with Crippen LogP contribution in [0.1, 0.15) is 18.4 Å². The molecule has 3 N–H and O–H groups in total. The molecular formula is C26H29N5O4. The number of amides is 2. The van der Waals surface area contributed by atoms with Gasteiger partial charge in [0.25, 0.3) is 0 Å². The lowest BCUT2D eigenvalue weighted by Gasteiger charge is -2.32. The molecule has 1 aliphatic rings. The van der Waals surface area contributed by atoms with Crippen LogP contribution in [0.4, 0.5) is 5.95 Å². The molecule has 35 heavy (non-hydrogen) atoms. The first-order chi connectivity index (χ1) is 16.9. The number of aromatic nitrogens is 2. The summed E-state index contributed by atoms with van der Waals surface area (Å²) in [5, 5.41) is 9.88. The summed E-state index contributed by atoms with van der Waals surface area (Å²) in [6, 6.07) is 16.1. The van der Waals surface area contributed by atoms with Crippen LogP contribution >= 0.6 is 0 Å². The van der Waals surface area contributed by atoms with E-state index in [-0.39, 0.29) is 48.3 Å². The van der Waals surface area contributed by atoms with Gasteiger partial charge in [-0.05, 0) is 36.6 Å². The summed E-state index contributed by atoms with van der Waals surface area (Å²) in [5.41, 5.74) is 8.14. The zero-order chi connectivity index (χ0) is 24.8. The zero-order valence-electron chi connectivity index (χ0n) is 19.6. The van der Waals surface area contributed by atoms with Gasteiger partial charge in [-0.15, -0.1) is 0 Å². The predicted molar refractivity (Wildman–Crippen MR) is 132 cm³/mol. The number of methoxy groups -OCH3 is 1. The molecule has 0 aliphatic carbocycles. The van der Waals surface area contributed by atoms with E-state index >= 15 is 0 Å². The van der Waals surface area contributed by atoms with Gasteiger partial charge in [0, 0.05) is 30.9 Å². The van der Waals surface area contributed by atoms with Gasteiger partial charge in [0.1, 0.15) is 6.54 Å². The average Bonchev–Trinajstić information content (AvgIpc) is 2.89. The average molecular weight is 476 g/mol. The molecule has 1 saturated heterocycles. The summed E-state index contributed by atoms with van der Waals surface area (Å²) < 4.78 is 5.16. The monoisotopic (exact) mass is 475 g/mol. The Morgan fingerprint density at radius 2 is 1.89 bits per heavy atom. The number of carbonyl (C=O) groups is 2. The van der Waals surface area contributed by atoms with Crippen molar-refractivity contribution in [1.82, 2.24) is 14.9 Å². The van der Waals surface area contributed by atoms with Crippen LogP contribution in [0.3, 0.4) is 0 Å². The van der Waals surface area contributed by atoms with Crippen LogP contribution in [0.15, 0.2) is 60.8 Å². The van der Waals surface area contributed by atoms with Crippen LogP contribution in [0.25, 0.3) is 11.3 Å². The Balaban J connectivity index is 1.61. The van der Waals surface area contributed by atoms with Gasteiger partial charge in [-0.1, -0.05) is 36.4 Å². The normalized spacial score (nSPS) is 13.9. The first kappa shape index (κ1) is 24.2. The Hall–Kier alpha value is -3.98. The molecule has 0 radical (unpaired) electrons. The topological polar surface area (TPSA) is 122 Å². The number of piperidine rings is 1. The van der Waals surface area contributed by atoms with E-state index in [9.17, 15) is 14.7 Å². The quantitative estimate of drug-likeness (QED) is 0.538. The van der Waals surface area contributed by atoms with E-state index in [4.69, 9.17) is 10.5 Å². The summed E-state index contributed by atoms with van der Waals surface area (Å²) >= 11 is 0. The zero-order valence-corrected chi connectivity index (χ0v) is 19.6. The van der Waals surface area contributed by atoms with Crippen molar-refractivity contribution in [2.45, 2.75) is 25.3 Å². The molecule has 0 unspecified atom stereocenters. The largest absolute Gasteiger partial charge is 0.504 e. The van der Waals surface area contributed by atoms with Crippen molar-refractivity contribution in [1.29, 1.82) is 0 Å². The highest BCUT2D eigenvalue weighted by molar-refractivity contribution is 5.98. The van der Waals surface area contributed by atoms with Crippen molar-refractivity contribution in [3.8, 4) is 22.8 Å². The second-order valence-corrected chi connectivity index (χ2v) is 8.49. The second-order valence-electron chi connectivity index (χ2n) is 8.49. The van der Waals surface area contributed by atoms with Crippen molar-refractivity contribution in [3.63, 3.8) is 0 Å². The molecule has 0 atom stereocenters. The van der Waals surface area contributed by atoms with E-state index in [0.29, 0.717) is 24.3 Å². The minimum absolute atomic E-state index is 0.0158. The summed E-state index contributed by atoms with van der Waals surface area (Å²) in [6.45, 7) is 0.936. The summed E-state index contributed by atoms with van der Waals surface area (Å²) in [4.78, 5) is 38.6. The maximum Gasteiger partial charge on any atom is 0.242 e. The molecule has 182 valence electrons. The lowest BCUT2D eigenvalue weighted by molar-refractivity contribution is -0.132. The van der Waals surface area contributed by atoms with Crippen LogP contribution in [0.2, 0.25) is 0 Å². The van der Waals surface area contributed by atoms with Gasteiger partial charge in [0.05, 0.1) is 19.2 Å². The maximum atomic E-state index is 13.5. The molecule has 0 saturated carbocycles. The standard InChI is InChI=1S/C26H29N5O4/c1-35-23-15-18(7-8-22(23)32)16-24(33)31(17-25(34)30-13-10-20(27)11-14-30)26-28-12-9-21(29-26)19-5-3-2-4-6-19/h2-9,12,15,20,32H,10-11,13-14,16-17,27H2,1H3. The highest BCUT2D eigenvalue weighted by Gasteiger charge is 2.27. The number of ether oxygens (including phenoxy) is 1. The number of likely N-dealkylation sites (tertiary alicyclic amines) is 1. The molecular weight excluding hydrogens is 446 g/mol. The third-order valence-electron chi connectivity index (χ3n) is 6.04. The third kappa shape index (κ3) is 5.93. The summed E-state index contributed by atoms with van der Waals surface area (Å²) in [7, 11) is 1.44. The van der Waals surface area contributed by atoms with Crippen molar-refractivity contribution in [3.05, 3.63) is 66.4 Å². The molecule has 2 aromatic carbocycles. The van der Waals surface area contributed by atoms with Crippen molar-refractivity contribution >= 4 is 17.8 Å². The molecule has 2 amide bonds. The Kier molecular flexibility index (Phi) is 7.57. The highest BCUT2D eigenvalue weighted by Crippen LogP contribution is 2.27. The van der Waals surface area contributed by atoms with Crippen molar-refractivity contribution in [2.24, 2.45) is 5.73 Å². The fraction of sp³-hybridized carbons (Fsp3) is 0.308. The molecule has 1 aromatic heterocycles. The highest BCUT2D eigenvalue weighted by atomic mass is 16.5. The summed E-state index contributed by atoms with van der Waals surface area (Å²) in [6.07, 6.45) is 3.02. The Morgan fingerprint density at radius 3 is 2.60 bits per heavy atom. The van der Waals surface area contributed by atoms with Crippen LogP contribution in [-0.4, -0.2) is 64.6 Å². The SMILES string of the molecule is COc1cc(CC(=O)N(CC(=O)N2CCC(N)CC2)c2nccc(-c3ccccc3)n2)ccc1O. The minimum atomic E-state index is -0.343. The maximum absolute atomic E-state index is 13.5. The van der Waals surface area contributed by atoms with Crippen molar-refractivity contribution in [2.75, 3.05) is 31.6 Å². The van der Waals surface area contributed by atoms with Gasteiger partial charge < -0.3 is 20.5 Å². The van der Waals surface area contributed by atoms with Gasteiger partial charge in [-0.3, -0.25) is 14.5 Å².